The number of nitrogens with zero attached hydrogens (tertiary/aromatic N) is 2. The highest BCUT2D eigenvalue weighted by molar-refractivity contribution is 7.14. The highest BCUT2D eigenvalue weighted by Crippen LogP contribution is 2.19. The predicted octanol–water partition coefficient (Wildman–Crippen LogP) is 2.92. The van der Waals surface area contributed by atoms with Crippen molar-refractivity contribution in [2.24, 2.45) is 0 Å². The Morgan fingerprint density at radius 1 is 1.20 bits per heavy atom. The number of aromatic nitrogens is 3. The number of carbonyl (C=O) groups excluding carboxylic acids is 2. The maximum absolute atomic E-state index is 12.2. The number of hydrogen-bond acceptors (Lipinski definition) is 5. The summed E-state index contributed by atoms with van der Waals surface area (Å²) in [6.07, 6.45) is 1.64. The van der Waals surface area contributed by atoms with Gasteiger partial charge in [0.25, 0.3) is 5.91 Å². The zero-order chi connectivity index (χ0) is 17.8. The van der Waals surface area contributed by atoms with Gasteiger partial charge in [-0.2, -0.15) is 5.10 Å². The molecule has 8 heteroatoms. The summed E-state index contributed by atoms with van der Waals surface area (Å²) in [4.78, 5) is 28.4. The second-order valence-corrected chi connectivity index (χ2v) is 6.47. The van der Waals surface area contributed by atoms with Gasteiger partial charge in [0.05, 0.1) is 12.1 Å². The number of aromatic amines is 1. The van der Waals surface area contributed by atoms with E-state index in [-0.39, 0.29) is 18.2 Å². The van der Waals surface area contributed by atoms with Crippen molar-refractivity contribution < 1.29 is 9.59 Å². The van der Waals surface area contributed by atoms with E-state index in [4.69, 9.17) is 0 Å². The summed E-state index contributed by atoms with van der Waals surface area (Å²) < 4.78 is 0. The van der Waals surface area contributed by atoms with E-state index >= 15 is 0 Å². The number of rotatable bonds is 5. The van der Waals surface area contributed by atoms with E-state index in [1.165, 1.54) is 17.5 Å². The molecule has 2 amide bonds. The highest BCUT2D eigenvalue weighted by Gasteiger charge is 2.12. The number of hydrogen-bond donors (Lipinski definition) is 3. The van der Waals surface area contributed by atoms with Crippen LogP contribution < -0.4 is 10.6 Å². The summed E-state index contributed by atoms with van der Waals surface area (Å²) in [5.41, 5.74) is 3.90. The van der Waals surface area contributed by atoms with Gasteiger partial charge in [-0.1, -0.05) is 17.7 Å². The van der Waals surface area contributed by atoms with Gasteiger partial charge in [-0.3, -0.25) is 20.0 Å². The van der Waals surface area contributed by atoms with Crippen LogP contribution >= 0.6 is 11.3 Å². The van der Waals surface area contributed by atoms with Crippen molar-refractivity contribution in [2.75, 3.05) is 10.6 Å². The molecular formula is C17H17N5O2S. The van der Waals surface area contributed by atoms with Crippen LogP contribution in [0.3, 0.4) is 0 Å². The molecule has 0 bridgehead atoms. The van der Waals surface area contributed by atoms with E-state index in [1.807, 2.05) is 32.0 Å². The first kappa shape index (κ1) is 16.8. The fourth-order valence-corrected chi connectivity index (χ4v) is 3.01. The van der Waals surface area contributed by atoms with Crippen LogP contribution in [0.4, 0.5) is 10.8 Å². The third-order valence-electron chi connectivity index (χ3n) is 3.52. The van der Waals surface area contributed by atoms with E-state index in [1.54, 1.807) is 11.4 Å². The maximum atomic E-state index is 12.2. The van der Waals surface area contributed by atoms with Gasteiger partial charge >= 0.3 is 0 Å². The molecule has 25 heavy (non-hydrogen) atoms. The van der Waals surface area contributed by atoms with E-state index < -0.39 is 0 Å². The molecule has 0 unspecified atom stereocenters. The minimum absolute atomic E-state index is 0.143. The lowest BCUT2D eigenvalue weighted by molar-refractivity contribution is -0.115. The molecule has 0 aliphatic carbocycles. The van der Waals surface area contributed by atoms with E-state index in [9.17, 15) is 9.59 Å². The fourth-order valence-electron chi connectivity index (χ4n) is 2.31. The van der Waals surface area contributed by atoms with Crippen LogP contribution in [-0.4, -0.2) is 27.0 Å². The zero-order valence-corrected chi connectivity index (χ0v) is 14.6. The molecule has 0 atom stereocenters. The average Bonchev–Trinajstić information content (AvgIpc) is 3.22. The van der Waals surface area contributed by atoms with Crippen LogP contribution in [0, 0.1) is 13.8 Å². The van der Waals surface area contributed by atoms with Gasteiger partial charge in [-0.15, -0.1) is 11.3 Å². The van der Waals surface area contributed by atoms with Crippen LogP contribution in [0.15, 0.2) is 35.8 Å². The first-order valence-corrected chi connectivity index (χ1v) is 8.51. The molecule has 0 saturated heterocycles. The molecule has 1 aromatic carbocycles. The second-order valence-electron chi connectivity index (χ2n) is 5.61. The topological polar surface area (TPSA) is 99.8 Å². The molecule has 3 rings (SSSR count). The second kappa shape index (κ2) is 7.27. The molecule has 3 aromatic rings. The number of benzene rings is 1. The van der Waals surface area contributed by atoms with Crippen LogP contribution in [0.25, 0.3) is 0 Å². The Bertz CT molecular complexity index is 902. The number of aryl methyl sites for hydroxylation is 2. The van der Waals surface area contributed by atoms with Gasteiger partial charge in [0, 0.05) is 17.3 Å². The molecule has 7 nitrogen and oxygen atoms in total. The van der Waals surface area contributed by atoms with Crippen molar-refractivity contribution in [2.45, 2.75) is 20.3 Å². The number of nitrogens with one attached hydrogen (secondary N) is 3. The summed E-state index contributed by atoms with van der Waals surface area (Å²) in [7, 11) is 0. The number of thiazole rings is 1. The molecule has 0 fully saturated rings. The Labute approximate surface area is 148 Å². The maximum Gasteiger partial charge on any atom is 0.275 e. The molecule has 2 heterocycles. The lowest BCUT2D eigenvalue weighted by Crippen LogP contribution is -2.16. The van der Waals surface area contributed by atoms with Gasteiger partial charge in [0.2, 0.25) is 5.91 Å². The average molecular weight is 355 g/mol. The molecule has 2 aromatic heterocycles. The Kier molecular flexibility index (Phi) is 4.90. The molecule has 0 spiro atoms. The number of amides is 2. The normalized spacial score (nSPS) is 10.5. The number of carbonyl (C=O) groups is 2. The summed E-state index contributed by atoms with van der Waals surface area (Å²) in [6, 6.07) is 7.43. The quantitative estimate of drug-likeness (QED) is 0.655. The molecular weight excluding hydrogens is 338 g/mol. The smallest absolute Gasteiger partial charge is 0.275 e. The Balaban J connectivity index is 1.59. The van der Waals surface area contributed by atoms with Crippen molar-refractivity contribution >= 4 is 34.0 Å². The van der Waals surface area contributed by atoms with Crippen LogP contribution in [0.2, 0.25) is 0 Å². The first-order chi connectivity index (χ1) is 12.0. The van der Waals surface area contributed by atoms with Gasteiger partial charge < -0.3 is 5.32 Å². The van der Waals surface area contributed by atoms with Crippen molar-refractivity contribution in [1.29, 1.82) is 0 Å². The Morgan fingerprint density at radius 2 is 2.04 bits per heavy atom. The number of H-pyrrole nitrogens is 1. The van der Waals surface area contributed by atoms with E-state index in [2.05, 4.69) is 25.8 Å². The van der Waals surface area contributed by atoms with Crippen LogP contribution in [0.1, 0.15) is 27.3 Å². The lowest BCUT2D eigenvalue weighted by atomic mass is 10.1. The molecule has 0 radical (unpaired) electrons. The zero-order valence-electron chi connectivity index (χ0n) is 13.8. The standard InChI is InChI=1S/C17H17N5O2S/c1-10-3-4-13(11(2)7-10)20-15(23)8-12-9-25-17(19-12)21-16(24)14-5-6-18-22-14/h3-7,9H,8H2,1-2H3,(H,18,22)(H,20,23)(H,19,21,24). The van der Waals surface area contributed by atoms with Gasteiger partial charge in [0.1, 0.15) is 5.69 Å². The van der Waals surface area contributed by atoms with E-state index in [0.717, 1.165) is 16.8 Å². The molecule has 0 aliphatic rings. The fraction of sp³-hybridized carbons (Fsp3) is 0.176. The SMILES string of the molecule is Cc1ccc(NC(=O)Cc2csc(NC(=O)c3ccn[nH]3)n2)c(C)c1. The van der Waals surface area contributed by atoms with Crippen molar-refractivity contribution in [3.8, 4) is 0 Å². The lowest BCUT2D eigenvalue weighted by Gasteiger charge is -2.08. The Morgan fingerprint density at radius 3 is 2.76 bits per heavy atom. The molecule has 3 N–H and O–H groups in total. The monoisotopic (exact) mass is 355 g/mol. The van der Waals surface area contributed by atoms with E-state index in [0.29, 0.717) is 16.5 Å². The first-order valence-electron chi connectivity index (χ1n) is 7.63. The third-order valence-corrected chi connectivity index (χ3v) is 4.32. The molecule has 0 saturated carbocycles. The molecule has 0 aliphatic heterocycles. The summed E-state index contributed by atoms with van der Waals surface area (Å²) in [5.74, 6) is -0.471. The summed E-state index contributed by atoms with van der Waals surface area (Å²) in [5, 5.41) is 14.1. The van der Waals surface area contributed by atoms with Crippen LogP contribution in [-0.2, 0) is 11.2 Å². The minimum atomic E-state index is -0.321. The molecule has 128 valence electrons. The van der Waals surface area contributed by atoms with Crippen molar-refractivity contribution in [3.63, 3.8) is 0 Å². The number of anilines is 2. The minimum Gasteiger partial charge on any atom is -0.326 e. The van der Waals surface area contributed by atoms with Crippen LogP contribution in [0.5, 0.6) is 0 Å². The summed E-state index contributed by atoms with van der Waals surface area (Å²) >= 11 is 1.27. The van der Waals surface area contributed by atoms with Gasteiger partial charge in [-0.05, 0) is 31.5 Å². The van der Waals surface area contributed by atoms with Crippen molar-refractivity contribution in [1.82, 2.24) is 15.2 Å². The van der Waals surface area contributed by atoms with Gasteiger partial charge in [0.15, 0.2) is 5.13 Å². The van der Waals surface area contributed by atoms with Gasteiger partial charge in [-0.25, -0.2) is 4.98 Å². The van der Waals surface area contributed by atoms with Crippen molar-refractivity contribution in [3.05, 3.63) is 58.4 Å². The Hall–Kier alpha value is -3.00. The largest absolute Gasteiger partial charge is 0.326 e. The predicted molar refractivity (Wildman–Crippen MR) is 96.9 cm³/mol. The summed E-state index contributed by atoms with van der Waals surface area (Å²) in [6.45, 7) is 3.96. The third kappa shape index (κ3) is 4.30. The highest BCUT2D eigenvalue weighted by atomic mass is 32.1.